The standard InChI is InChI=1S/C28H25N5O4S/c1-18-2-11-23-25(16-18)38-27(29-23)19-3-5-21(6-4-19)32-26(34)17-24(28(32)35)31-14-12-30(13-15-31)20-7-9-22(10-8-20)33(36)37/h2-11,16,24H,12-15,17H2,1H3/t24-/m1/s1. The van der Waals surface area contributed by atoms with Gasteiger partial charge in [-0.05, 0) is 61.0 Å². The lowest BCUT2D eigenvalue weighted by Gasteiger charge is -2.38. The van der Waals surface area contributed by atoms with E-state index in [1.54, 1.807) is 23.5 Å². The van der Waals surface area contributed by atoms with Crippen LogP contribution in [-0.4, -0.2) is 58.8 Å². The van der Waals surface area contributed by atoms with E-state index < -0.39 is 11.0 Å². The molecule has 9 nitrogen and oxygen atoms in total. The fourth-order valence-corrected chi connectivity index (χ4v) is 6.23. The summed E-state index contributed by atoms with van der Waals surface area (Å²) in [7, 11) is 0. The number of carbonyl (C=O) groups is 2. The van der Waals surface area contributed by atoms with Gasteiger partial charge in [-0.2, -0.15) is 0 Å². The Kier molecular flexibility index (Phi) is 6.13. The lowest BCUT2D eigenvalue weighted by atomic mass is 10.1. The zero-order valence-corrected chi connectivity index (χ0v) is 21.6. The van der Waals surface area contributed by atoms with Crippen molar-refractivity contribution in [2.75, 3.05) is 36.0 Å². The number of nitro benzene ring substituents is 1. The number of nitro groups is 1. The maximum atomic E-state index is 13.3. The van der Waals surface area contributed by atoms with Gasteiger partial charge in [0.2, 0.25) is 5.91 Å². The largest absolute Gasteiger partial charge is 0.369 e. The van der Waals surface area contributed by atoms with Crippen LogP contribution in [0.25, 0.3) is 20.8 Å². The van der Waals surface area contributed by atoms with Gasteiger partial charge in [-0.1, -0.05) is 6.07 Å². The highest BCUT2D eigenvalue weighted by Crippen LogP contribution is 2.33. The van der Waals surface area contributed by atoms with Crippen LogP contribution in [-0.2, 0) is 9.59 Å². The molecule has 0 spiro atoms. The maximum absolute atomic E-state index is 13.3. The topological polar surface area (TPSA) is 99.9 Å². The van der Waals surface area contributed by atoms with Gasteiger partial charge in [0, 0.05) is 49.6 Å². The summed E-state index contributed by atoms with van der Waals surface area (Å²) in [5, 5.41) is 11.8. The van der Waals surface area contributed by atoms with Gasteiger partial charge in [0.25, 0.3) is 11.6 Å². The van der Waals surface area contributed by atoms with Crippen LogP contribution in [0.4, 0.5) is 17.1 Å². The number of thiazole rings is 1. The highest BCUT2D eigenvalue weighted by molar-refractivity contribution is 7.21. The third-order valence-electron chi connectivity index (χ3n) is 7.22. The van der Waals surface area contributed by atoms with Crippen LogP contribution in [0.15, 0.2) is 66.7 Å². The number of anilines is 2. The summed E-state index contributed by atoms with van der Waals surface area (Å²) in [4.78, 5) is 47.0. The lowest BCUT2D eigenvalue weighted by Crippen LogP contribution is -2.52. The molecule has 3 heterocycles. The van der Waals surface area contributed by atoms with Gasteiger partial charge in [0.15, 0.2) is 0 Å². The SMILES string of the molecule is Cc1ccc2nc(-c3ccc(N4C(=O)C[C@@H](N5CCN(c6ccc([N+](=O)[O-])cc6)CC5)C4=O)cc3)sc2c1. The molecule has 0 bridgehead atoms. The normalized spacial score (nSPS) is 18.5. The van der Waals surface area contributed by atoms with Crippen molar-refractivity contribution in [3.8, 4) is 10.6 Å². The average Bonchev–Trinajstić information content (AvgIpc) is 3.48. The van der Waals surface area contributed by atoms with Crippen LogP contribution in [0.3, 0.4) is 0 Å². The third kappa shape index (κ3) is 4.42. The maximum Gasteiger partial charge on any atom is 0.269 e. The molecule has 0 aliphatic carbocycles. The van der Waals surface area contributed by atoms with Crippen molar-refractivity contribution in [3.05, 3.63) is 82.4 Å². The summed E-state index contributed by atoms with van der Waals surface area (Å²) < 4.78 is 1.13. The summed E-state index contributed by atoms with van der Waals surface area (Å²) in [6.07, 6.45) is 0.162. The van der Waals surface area contributed by atoms with Crippen LogP contribution in [0.2, 0.25) is 0 Å². The van der Waals surface area contributed by atoms with E-state index in [9.17, 15) is 19.7 Å². The number of aromatic nitrogens is 1. The van der Waals surface area contributed by atoms with E-state index in [1.165, 1.54) is 22.6 Å². The van der Waals surface area contributed by atoms with E-state index in [4.69, 9.17) is 4.98 Å². The Morgan fingerprint density at radius 1 is 0.921 bits per heavy atom. The molecule has 2 aliphatic rings. The van der Waals surface area contributed by atoms with Crippen molar-refractivity contribution in [3.63, 3.8) is 0 Å². The number of non-ortho nitro benzene ring substituents is 1. The molecule has 6 rings (SSSR count). The van der Waals surface area contributed by atoms with Gasteiger partial charge in [-0.15, -0.1) is 11.3 Å². The predicted molar refractivity (Wildman–Crippen MR) is 148 cm³/mol. The highest BCUT2D eigenvalue weighted by atomic mass is 32.1. The first-order valence-electron chi connectivity index (χ1n) is 12.5. The van der Waals surface area contributed by atoms with E-state index in [0.29, 0.717) is 31.9 Å². The van der Waals surface area contributed by atoms with Crippen molar-refractivity contribution < 1.29 is 14.5 Å². The molecular formula is C28H25N5O4S. The molecule has 1 aromatic heterocycles. The molecule has 2 aliphatic heterocycles. The second-order valence-corrected chi connectivity index (χ2v) is 10.7. The highest BCUT2D eigenvalue weighted by Gasteiger charge is 2.43. The summed E-state index contributed by atoms with van der Waals surface area (Å²) in [6.45, 7) is 4.66. The van der Waals surface area contributed by atoms with E-state index in [2.05, 4.69) is 22.8 Å². The van der Waals surface area contributed by atoms with Crippen molar-refractivity contribution in [1.82, 2.24) is 9.88 Å². The summed E-state index contributed by atoms with van der Waals surface area (Å²) >= 11 is 1.62. The second kappa shape index (κ2) is 9.62. The number of carbonyl (C=O) groups excluding carboxylic acids is 2. The van der Waals surface area contributed by atoms with Gasteiger partial charge in [0.05, 0.1) is 33.3 Å². The van der Waals surface area contributed by atoms with Crippen molar-refractivity contribution in [1.29, 1.82) is 0 Å². The van der Waals surface area contributed by atoms with Gasteiger partial charge in [-0.25, -0.2) is 9.88 Å². The Labute approximate surface area is 223 Å². The molecule has 38 heavy (non-hydrogen) atoms. The van der Waals surface area contributed by atoms with E-state index in [0.717, 1.165) is 26.5 Å². The monoisotopic (exact) mass is 527 g/mol. The smallest absolute Gasteiger partial charge is 0.269 e. The van der Waals surface area contributed by atoms with Crippen LogP contribution < -0.4 is 9.80 Å². The Bertz CT molecular complexity index is 1540. The molecule has 1 atom stereocenters. The molecule has 4 aromatic rings. The Hall–Kier alpha value is -4.15. The number of amides is 2. The van der Waals surface area contributed by atoms with E-state index in [1.807, 2.05) is 36.4 Å². The minimum absolute atomic E-state index is 0.0609. The molecular weight excluding hydrogens is 502 g/mol. The zero-order valence-electron chi connectivity index (χ0n) is 20.7. The van der Waals surface area contributed by atoms with Crippen molar-refractivity contribution in [2.45, 2.75) is 19.4 Å². The summed E-state index contributed by atoms with van der Waals surface area (Å²) in [6, 6.07) is 19.7. The molecule has 0 unspecified atom stereocenters. The van der Waals surface area contributed by atoms with Crippen LogP contribution in [0.1, 0.15) is 12.0 Å². The minimum atomic E-state index is -0.478. The average molecular weight is 528 g/mol. The van der Waals surface area contributed by atoms with Gasteiger partial charge < -0.3 is 4.90 Å². The van der Waals surface area contributed by atoms with E-state index in [-0.39, 0.29) is 23.9 Å². The predicted octanol–water partition coefficient (Wildman–Crippen LogP) is 4.63. The lowest BCUT2D eigenvalue weighted by molar-refractivity contribution is -0.384. The second-order valence-electron chi connectivity index (χ2n) is 9.62. The third-order valence-corrected chi connectivity index (χ3v) is 8.29. The molecule has 0 N–H and O–H groups in total. The molecule has 2 fully saturated rings. The molecule has 192 valence electrons. The number of nitrogens with zero attached hydrogens (tertiary/aromatic N) is 5. The quantitative estimate of drug-likeness (QED) is 0.212. The Morgan fingerprint density at radius 3 is 2.29 bits per heavy atom. The number of piperazine rings is 1. The van der Waals surface area contributed by atoms with Crippen LogP contribution in [0.5, 0.6) is 0 Å². The summed E-state index contributed by atoms with van der Waals surface area (Å²) in [5.74, 6) is -0.386. The fourth-order valence-electron chi connectivity index (χ4n) is 5.16. The first kappa shape index (κ1) is 24.2. The minimum Gasteiger partial charge on any atom is -0.369 e. The molecule has 0 radical (unpaired) electrons. The first-order valence-corrected chi connectivity index (χ1v) is 13.3. The van der Waals surface area contributed by atoms with Crippen molar-refractivity contribution >= 4 is 50.4 Å². The number of aryl methyl sites for hydroxylation is 1. The number of hydrogen-bond donors (Lipinski definition) is 0. The number of benzene rings is 3. The Morgan fingerprint density at radius 2 is 1.61 bits per heavy atom. The molecule has 3 aromatic carbocycles. The zero-order chi connectivity index (χ0) is 26.4. The number of hydrogen-bond acceptors (Lipinski definition) is 8. The van der Waals surface area contributed by atoms with Crippen LogP contribution in [0, 0.1) is 17.0 Å². The first-order chi connectivity index (χ1) is 18.4. The number of rotatable bonds is 5. The number of fused-ring (bicyclic) bond motifs is 1. The van der Waals surface area contributed by atoms with Gasteiger partial charge in [0.1, 0.15) is 5.01 Å². The van der Waals surface area contributed by atoms with Gasteiger partial charge in [-0.3, -0.25) is 24.6 Å². The molecule has 2 amide bonds. The number of imide groups is 1. The van der Waals surface area contributed by atoms with Crippen LogP contribution >= 0.6 is 11.3 Å². The fraction of sp³-hybridized carbons (Fsp3) is 0.250. The molecule has 0 saturated carbocycles. The summed E-state index contributed by atoms with van der Waals surface area (Å²) in [5.41, 5.74) is 4.65. The van der Waals surface area contributed by atoms with E-state index >= 15 is 0 Å². The van der Waals surface area contributed by atoms with Gasteiger partial charge >= 0.3 is 0 Å². The molecule has 10 heteroatoms. The molecule has 2 saturated heterocycles. The van der Waals surface area contributed by atoms with Crippen molar-refractivity contribution in [2.24, 2.45) is 0 Å². The Balaban J connectivity index is 1.12.